The third-order valence-electron chi connectivity index (χ3n) is 7.79. The van der Waals surface area contributed by atoms with Crippen LogP contribution in [0.25, 0.3) is 22.2 Å². The molecule has 0 saturated carbocycles. The van der Waals surface area contributed by atoms with Crippen LogP contribution in [0.1, 0.15) is 49.0 Å². The minimum Gasteiger partial charge on any atom is -0.360 e. The Balaban J connectivity index is 0.00000188. The number of rotatable bonds is 8. The van der Waals surface area contributed by atoms with Gasteiger partial charge >= 0.3 is 0 Å². The number of likely N-dealkylation sites (tertiary alicyclic amines) is 2. The number of hydrogen-bond donors (Lipinski definition) is 3. The minimum absolute atomic E-state index is 0.0244. The zero-order valence-corrected chi connectivity index (χ0v) is 25.2. The van der Waals surface area contributed by atoms with Crippen molar-refractivity contribution < 1.29 is 9.59 Å². The molecule has 1 unspecified atom stereocenters. The fourth-order valence-electron chi connectivity index (χ4n) is 5.59. The fourth-order valence-corrected chi connectivity index (χ4v) is 5.59. The first-order valence-corrected chi connectivity index (χ1v) is 15.3. The molecule has 2 aliphatic heterocycles. The molecule has 0 radical (unpaired) electrons. The molecular weight excluding hydrogens is 552 g/mol. The van der Waals surface area contributed by atoms with E-state index in [0.717, 1.165) is 42.5 Å². The number of carbonyl (C=O) groups excluding carboxylic acids is 2. The zero-order chi connectivity index (χ0) is 30.9. The third kappa shape index (κ3) is 7.13. The van der Waals surface area contributed by atoms with E-state index >= 15 is 0 Å². The number of anilines is 2. The van der Waals surface area contributed by atoms with E-state index in [0.29, 0.717) is 41.5 Å². The van der Waals surface area contributed by atoms with Gasteiger partial charge in [-0.2, -0.15) is 5.26 Å². The lowest BCUT2D eigenvalue weighted by Crippen LogP contribution is -2.31. The summed E-state index contributed by atoms with van der Waals surface area (Å²) in [7, 11) is 0. The summed E-state index contributed by atoms with van der Waals surface area (Å²) in [5, 5.41) is 16.9. The van der Waals surface area contributed by atoms with Gasteiger partial charge in [0.05, 0.1) is 17.5 Å². The molecule has 1 atom stereocenters. The minimum atomic E-state index is -0.181. The van der Waals surface area contributed by atoms with E-state index in [1.165, 1.54) is 19.0 Å². The molecule has 4 aromatic rings. The van der Waals surface area contributed by atoms with Crippen molar-refractivity contribution in [1.82, 2.24) is 24.8 Å². The lowest BCUT2D eigenvalue weighted by molar-refractivity contribution is -0.111. The quantitative estimate of drug-likeness (QED) is 0.233. The van der Waals surface area contributed by atoms with E-state index < -0.39 is 0 Å². The number of hydrogen-bond acceptors (Lipinski definition) is 7. The average Bonchev–Trinajstić information content (AvgIpc) is 3.84. The molecule has 2 saturated heterocycles. The van der Waals surface area contributed by atoms with Gasteiger partial charge in [-0.25, -0.2) is 9.97 Å². The van der Waals surface area contributed by atoms with Crippen molar-refractivity contribution in [3.8, 4) is 17.3 Å². The van der Waals surface area contributed by atoms with Gasteiger partial charge in [0, 0.05) is 65.7 Å². The maximum Gasteiger partial charge on any atom is 0.253 e. The number of aromatic nitrogens is 3. The van der Waals surface area contributed by atoms with E-state index in [1.54, 1.807) is 35.2 Å². The molecule has 10 nitrogen and oxygen atoms in total. The van der Waals surface area contributed by atoms with Gasteiger partial charge in [0.15, 0.2) is 0 Å². The lowest BCUT2D eigenvalue weighted by atomic mass is 10.1. The largest absolute Gasteiger partial charge is 0.360 e. The topological polar surface area (TPSA) is 130 Å². The highest BCUT2D eigenvalue weighted by Gasteiger charge is 2.28. The number of nitrogens with one attached hydrogen (secondary N) is 3. The van der Waals surface area contributed by atoms with Crippen LogP contribution in [-0.4, -0.2) is 75.3 Å². The van der Waals surface area contributed by atoms with Crippen molar-refractivity contribution in [1.29, 1.82) is 5.26 Å². The molecule has 44 heavy (non-hydrogen) atoms. The van der Waals surface area contributed by atoms with Gasteiger partial charge in [-0.15, -0.1) is 0 Å². The summed E-state index contributed by atoms with van der Waals surface area (Å²) in [4.78, 5) is 41.9. The predicted molar refractivity (Wildman–Crippen MR) is 173 cm³/mol. The van der Waals surface area contributed by atoms with Crippen LogP contribution in [0.3, 0.4) is 0 Å². The smallest absolute Gasteiger partial charge is 0.253 e. The highest BCUT2D eigenvalue weighted by Crippen LogP contribution is 2.30. The van der Waals surface area contributed by atoms with Crippen LogP contribution in [0.4, 0.5) is 11.6 Å². The van der Waals surface area contributed by atoms with Gasteiger partial charge < -0.3 is 20.5 Å². The molecule has 4 heterocycles. The third-order valence-corrected chi connectivity index (χ3v) is 7.79. The van der Waals surface area contributed by atoms with Crippen LogP contribution in [0, 0.1) is 11.3 Å². The Morgan fingerprint density at radius 3 is 2.64 bits per heavy atom. The molecule has 0 spiro atoms. The highest BCUT2D eigenvalue weighted by atomic mass is 16.2. The summed E-state index contributed by atoms with van der Waals surface area (Å²) in [5.41, 5.74) is 3.98. The Morgan fingerprint density at radius 1 is 1.09 bits per heavy atom. The SMILES string of the molecule is CC.N#Cc1cnc(NC2CCN(C(=O)c3ccc(NC(=O)/C=C/CN4CCCC4)cc3)C2)nc1-c1c[nH]c2ccccc12. The van der Waals surface area contributed by atoms with Crippen LogP contribution >= 0.6 is 0 Å². The van der Waals surface area contributed by atoms with Crippen molar-refractivity contribution in [2.75, 3.05) is 43.4 Å². The standard InChI is InChI=1S/C32H32N8O2.C2H6/c33-18-23-19-35-32(38-30(23)27-20-34-28-7-2-1-6-26(27)28)37-25-13-17-40(21-25)31(42)22-9-11-24(12-10-22)36-29(41)8-5-16-39-14-3-4-15-39;1-2/h1-2,5-12,19-20,25,34H,3-4,13-17,21H2,(H,36,41)(H,35,37,38);1-2H3/b8-5+;. The van der Waals surface area contributed by atoms with Gasteiger partial charge in [-0.05, 0) is 62.7 Å². The highest BCUT2D eigenvalue weighted by molar-refractivity contribution is 6.00. The number of benzene rings is 2. The molecule has 0 bridgehead atoms. The van der Waals surface area contributed by atoms with E-state index in [2.05, 4.69) is 36.6 Å². The maximum atomic E-state index is 13.2. The first-order chi connectivity index (χ1) is 21.6. The average molecular weight is 591 g/mol. The van der Waals surface area contributed by atoms with E-state index in [1.807, 2.05) is 50.4 Å². The van der Waals surface area contributed by atoms with Crippen molar-refractivity contribution in [3.63, 3.8) is 0 Å². The molecular formula is C34H38N8O2. The summed E-state index contributed by atoms with van der Waals surface area (Å²) < 4.78 is 0. The first-order valence-electron chi connectivity index (χ1n) is 15.3. The molecule has 226 valence electrons. The number of nitriles is 1. The van der Waals surface area contributed by atoms with Crippen LogP contribution in [0.15, 0.2) is 73.1 Å². The van der Waals surface area contributed by atoms with Crippen molar-refractivity contribution in [2.24, 2.45) is 0 Å². The lowest BCUT2D eigenvalue weighted by Gasteiger charge is -2.18. The van der Waals surface area contributed by atoms with Crippen molar-refractivity contribution >= 4 is 34.4 Å². The first kappa shape index (κ1) is 30.4. The molecule has 3 N–H and O–H groups in total. The van der Waals surface area contributed by atoms with Gasteiger partial charge in [-0.1, -0.05) is 38.1 Å². The van der Waals surface area contributed by atoms with Gasteiger partial charge in [0.1, 0.15) is 6.07 Å². The molecule has 2 aromatic carbocycles. The van der Waals surface area contributed by atoms with Gasteiger partial charge in [0.25, 0.3) is 5.91 Å². The summed E-state index contributed by atoms with van der Waals surface area (Å²) in [6, 6.07) is 17.0. The normalized spacial score (nSPS) is 16.5. The Morgan fingerprint density at radius 2 is 1.86 bits per heavy atom. The Bertz CT molecular complexity index is 1660. The number of H-pyrrole nitrogens is 1. The second kappa shape index (κ2) is 14.4. The van der Waals surface area contributed by atoms with Crippen molar-refractivity contribution in [3.05, 3.63) is 84.2 Å². The molecule has 10 heteroatoms. The number of amides is 2. The summed E-state index contributed by atoms with van der Waals surface area (Å²) in [6.45, 7) is 8.07. The summed E-state index contributed by atoms with van der Waals surface area (Å²) >= 11 is 0. The number of fused-ring (bicyclic) bond motifs is 1. The zero-order valence-electron chi connectivity index (χ0n) is 25.2. The van der Waals surface area contributed by atoms with E-state index in [9.17, 15) is 14.9 Å². The monoisotopic (exact) mass is 590 g/mol. The van der Waals surface area contributed by atoms with Crippen LogP contribution < -0.4 is 10.6 Å². The fraction of sp³-hybridized carbons (Fsp3) is 0.324. The number of carbonyl (C=O) groups is 2. The Kier molecular flexibility index (Phi) is 10.00. The molecule has 2 aromatic heterocycles. The van der Waals surface area contributed by atoms with Crippen LogP contribution in [-0.2, 0) is 4.79 Å². The molecule has 0 aliphatic carbocycles. The maximum absolute atomic E-state index is 13.2. The number of nitrogens with zero attached hydrogens (tertiary/aromatic N) is 5. The summed E-state index contributed by atoms with van der Waals surface area (Å²) in [6.07, 6.45) is 10.0. The second-order valence-electron chi connectivity index (χ2n) is 10.7. The van der Waals surface area contributed by atoms with Gasteiger partial charge in [-0.3, -0.25) is 14.5 Å². The molecule has 2 fully saturated rings. The van der Waals surface area contributed by atoms with Crippen LogP contribution in [0.5, 0.6) is 0 Å². The van der Waals surface area contributed by atoms with E-state index in [4.69, 9.17) is 0 Å². The Labute approximate surface area is 257 Å². The number of aromatic amines is 1. The van der Waals surface area contributed by atoms with Crippen molar-refractivity contribution in [2.45, 2.75) is 39.2 Å². The molecule has 2 aliphatic rings. The van der Waals surface area contributed by atoms with Crippen LogP contribution in [0.2, 0.25) is 0 Å². The molecule has 6 rings (SSSR count). The van der Waals surface area contributed by atoms with E-state index in [-0.39, 0.29) is 17.9 Å². The Hall–Kier alpha value is -5.01. The summed E-state index contributed by atoms with van der Waals surface area (Å²) in [5.74, 6) is 0.172. The van der Waals surface area contributed by atoms with Gasteiger partial charge in [0.2, 0.25) is 11.9 Å². The molecule has 2 amide bonds. The predicted octanol–water partition coefficient (Wildman–Crippen LogP) is 5.44. The second-order valence-corrected chi connectivity index (χ2v) is 10.7. The number of para-hydroxylation sites is 1.